The SMILES string of the molecule is O=C(NCCNC1CC1)c1cccc2[nH]ccc12. The van der Waals surface area contributed by atoms with Gasteiger partial charge in [-0.15, -0.1) is 0 Å². The quantitative estimate of drug-likeness (QED) is 0.699. The first-order valence-electron chi connectivity index (χ1n) is 6.42. The number of fused-ring (bicyclic) bond motifs is 1. The molecule has 4 nitrogen and oxygen atoms in total. The zero-order chi connectivity index (χ0) is 12.4. The Morgan fingerprint density at radius 2 is 2.17 bits per heavy atom. The molecule has 1 aliphatic carbocycles. The average molecular weight is 243 g/mol. The number of amides is 1. The molecule has 1 amide bonds. The van der Waals surface area contributed by atoms with E-state index >= 15 is 0 Å². The largest absolute Gasteiger partial charge is 0.361 e. The molecule has 3 rings (SSSR count). The molecule has 0 bridgehead atoms. The number of nitrogens with one attached hydrogen (secondary N) is 3. The van der Waals surface area contributed by atoms with Gasteiger partial charge in [0, 0.05) is 41.8 Å². The van der Waals surface area contributed by atoms with Crippen molar-refractivity contribution in [1.29, 1.82) is 0 Å². The number of carbonyl (C=O) groups is 1. The summed E-state index contributed by atoms with van der Waals surface area (Å²) in [5.41, 5.74) is 1.74. The molecule has 2 aromatic rings. The van der Waals surface area contributed by atoms with Crippen LogP contribution in [-0.2, 0) is 0 Å². The van der Waals surface area contributed by atoms with Crippen molar-refractivity contribution in [2.24, 2.45) is 0 Å². The van der Waals surface area contributed by atoms with Crippen molar-refractivity contribution in [2.45, 2.75) is 18.9 Å². The van der Waals surface area contributed by atoms with Gasteiger partial charge < -0.3 is 15.6 Å². The van der Waals surface area contributed by atoms with Crippen LogP contribution < -0.4 is 10.6 Å². The average Bonchev–Trinajstić information content (AvgIpc) is 3.08. The van der Waals surface area contributed by atoms with E-state index in [1.807, 2.05) is 30.5 Å². The van der Waals surface area contributed by atoms with E-state index in [-0.39, 0.29) is 5.91 Å². The van der Waals surface area contributed by atoms with Gasteiger partial charge in [-0.25, -0.2) is 0 Å². The molecule has 1 saturated carbocycles. The first-order chi connectivity index (χ1) is 8.84. The van der Waals surface area contributed by atoms with E-state index in [2.05, 4.69) is 15.6 Å². The number of benzene rings is 1. The van der Waals surface area contributed by atoms with Crippen molar-refractivity contribution in [3.05, 3.63) is 36.0 Å². The Kier molecular flexibility index (Phi) is 3.02. The molecule has 1 aromatic carbocycles. The topological polar surface area (TPSA) is 56.9 Å². The fourth-order valence-corrected chi connectivity index (χ4v) is 2.12. The van der Waals surface area contributed by atoms with Crippen LogP contribution in [0, 0.1) is 0 Å². The van der Waals surface area contributed by atoms with E-state index in [9.17, 15) is 4.79 Å². The smallest absolute Gasteiger partial charge is 0.252 e. The summed E-state index contributed by atoms with van der Waals surface area (Å²) in [7, 11) is 0. The van der Waals surface area contributed by atoms with Gasteiger partial charge in [-0.2, -0.15) is 0 Å². The maximum absolute atomic E-state index is 12.1. The molecule has 0 saturated heterocycles. The van der Waals surface area contributed by atoms with Crippen LogP contribution in [0.15, 0.2) is 30.5 Å². The number of aromatic amines is 1. The van der Waals surface area contributed by atoms with Gasteiger partial charge in [0.25, 0.3) is 5.91 Å². The number of H-pyrrole nitrogens is 1. The predicted molar refractivity (Wildman–Crippen MR) is 71.7 cm³/mol. The highest BCUT2D eigenvalue weighted by Crippen LogP contribution is 2.18. The number of rotatable bonds is 5. The van der Waals surface area contributed by atoms with Crippen molar-refractivity contribution in [2.75, 3.05) is 13.1 Å². The van der Waals surface area contributed by atoms with Gasteiger partial charge in [0.05, 0.1) is 0 Å². The molecule has 0 unspecified atom stereocenters. The number of carbonyl (C=O) groups excluding carboxylic acids is 1. The van der Waals surface area contributed by atoms with Crippen molar-refractivity contribution in [3.63, 3.8) is 0 Å². The highest BCUT2D eigenvalue weighted by Gasteiger charge is 2.19. The van der Waals surface area contributed by atoms with Crippen molar-refractivity contribution >= 4 is 16.8 Å². The van der Waals surface area contributed by atoms with Crippen LogP contribution in [0.5, 0.6) is 0 Å². The third kappa shape index (κ3) is 2.38. The minimum atomic E-state index is -0.00204. The van der Waals surface area contributed by atoms with E-state index in [0.29, 0.717) is 12.6 Å². The Labute approximate surface area is 106 Å². The standard InChI is InChI=1S/C14H17N3O/c18-14(17-9-8-15-10-4-5-10)12-2-1-3-13-11(12)6-7-16-13/h1-3,6-7,10,15-16H,4-5,8-9H2,(H,17,18). The summed E-state index contributed by atoms with van der Waals surface area (Å²) in [6, 6.07) is 8.36. The summed E-state index contributed by atoms with van der Waals surface area (Å²) in [5, 5.41) is 7.30. The summed E-state index contributed by atoms with van der Waals surface area (Å²) in [5.74, 6) is -0.00204. The summed E-state index contributed by atoms with van der Waals surface area (Å²) in [6.07, 6.45) is 4.41. The second-order valence-corrected chi connectivity index (χ2v) is 4.73. The van der Waals surface area contributed by atoms with Crippen molar-refractivity contribution in [3.8, 4) is 0 Å². The predicted octanol–water partition coefficient (Wildman–Crippen LogP) is 1.65. The van der Waals surface area contributed by atoms with Crippen molar-refractivity contribution < 1.29 is 4.79 Å². The first-order valence-corrected chi connectivity index (χ1v) is 6.42. The molecular formula is C14H17N3O. The highest BCUT2D eigenvalue weighted by atomic mass is 16.1. The zero-order valence-electron chi connectivity index (χ0n) is 10.2. The van der Waals surface area contributed by atoms with E-state index < -0.39 is 0 Å². The van der Waals surface area contributed by atoms with Crippen LogP contribution in [0.2, 0.25) is 0 Å². The Bertz CT molecular complexity index is 557. The lowest BCUT2D eigenvalue weighted by Gasteiger charge is -2.07. The monoisotopic (exact) mass is 243 g/mol. The Hall–Kier alpha value is -1.81. The van der Waals surface area contributed by atoms with Crippen LogP contribution in [0.1, 0.15) is 23.2 Å². The summed E-state index contributed by atoms with van der Waals surface area (Å²) in [4.78, 5) is 15.2. The zero-order valence-corrected chi connectivity index (χ0v) is 10.2. The van der Waals surface area contributed by atoms with Crippen LogP contribution in [0.3, 0.4) is 0 Å². The molecule has 94 valence electrons. The van der Waals surface area contributed by atoms with Crippen LogP contribution in [0.4, 0.5) is 0 Å². The van der Waals surface area contributed by atoms with E-state index in [1.165, 1.54) is 12.8 Å². The van der Waals surface area contributed by atoms with Gasteiger partial charge in [0.15, 0.2) is 0 Å². The Morgan fingerprint density at radius 1 is 1.28 bits per heavy atom. The lowest BCUT2D eigenvalue weighted by Crippen LogP contribution is -2.32. The summed E-state index contributed by atoms with van der Waals surface area (Å²) < 4.78 is 0. The van der Waals surface area contributed by atoms with Gasteiger partial charge in [-0.05, 0) is 31.0 Å². The van der Waals surface area contributed by atoms with Gasteiger partial charge >= 0.3 is 0 Å². The fourth-order valence-electron chi connectivity index (χ4n) is 2.12. The van der Waals surface area contributed by atoms with Crippen LogP contribution >= 0.6 is 0 Å². The molecule has 4 heteroatoms. The number of aromatic nitrogens is 1. The van der Waals surface area contributed by atoms with E-state index in [1.54, 1.807) is 0 Å². The molecule has 0 atom stereocenters. The highest BCUT2D eigenvalue weighted by molar-refractivity contribution is 6.06. The third-order valence-corrected chi connectivity index (χ3v) is 3.26. The number of hydrogen-bond acceptors (Lipinski definition) is 2. The lowest BCUT2D eigenvalue weighted by atomic mass is 10.1. The Balaban J connectivity index is 1.62. The van der Waals surface area contributed by atoms with Crippen molar-refractivity contribution in [1.82, 2.24) is 15.6 Å². The molecule has 3 N–H and O–H groups in total. The normalized spacial score (nSPS) is 14.9. The molecule has 0 aliphatic heterocycles. The Morgan fingerprint density at radius 3 is 3.00 bits per heavy atom. The first kappa shape index (κ1) is 11.3. The van der Waals surface area contributed by atoms with Gasteiger partial charge in [0.1, 0.15) is 0 Å². The molecule has 1 aliphatic rings. The van der Waals surface area contributed by atoms with E-state index in [0.717, 1.165) is 23.0 Å². The summed E-state index contributed by atoms with van der Waals surface area (Å²) in [6.45, 7) is 1.52. The fraction of sp³-hybridized carbons (Fsp3) is 0.357. The second-order valence-electron chi connectivity index (χ2n) is 4.73. The maximum atomic E-state index is 12.1. The van der Waals surface area contributed by atoms with Gasteiger partial charge in [0.2, 0.25) is 0 Å². The lowest BCUT2D eigenvalue weighted by molar-refractivity contribution is 0.0955. The summed E-state index contributed by atoms with van der Waals surface area (Å²) >= 11 is 0. The van der Waals surface area contributed by atoms with Gasteiger partial charge in [-0.3, -0.25) is 4.79 Å². The molecular weight excluding hydrogens is 226 g/mol. The maximum Gasteiger partial charge on any atom is 0.252 e. The van der Waals surface area contributed by atoms with E-state index in [4.69, 9.17) is 0 Å². The molecule has 0 radical (unpaired) electrons. The molecule has 0 spiro atoms. The molecule has 18 heavy (non-hydrogen) atoms. The van der Waals surface area contributed by atoms with Gasteiger partial charge in [-0.1, -0.05) is 6.07 Å². The van der Waals surface area contributed by atoms with Crippen LogP contribution in [0.25, 0.3) is 10.9 Å². The second kappa shape index (κ2) is 4.82. The minimum absolute atomic E-state index is 0.00204. The molecule has 1 heterocycles. The molecule has 1 fully saturated rings. The minimum Gasteiger partial charge on any atom is -0.361 e. The van der Waals surface area contributed by atoms with Crippen LogP contribution in [-0.4, -0.2) is 30.0 Å². The molecule has 1 aromatic heterocycles. The number of hydrogen-bond donors (Lipinski definition) is 3. The third-order valence-electron chi connectivity index (χ3n) is 3.26.